The minimum atomic E-state index is -4.55. The Labute approximate surface area is 67.6 Å². The van der Waals surface area contributed by atoms with Crippen LogP contribution in [0.25, 0.3) is 0 Å². The van der Waals surface area contributed by atoms with E-state index < -0.39 is 17.6 Å². The highest BCUT2D eigenvalue weighted by Crippen LogP contribution is 2.35. The molecule has 1 aliphatic carbocycles. The van der Waals surface area contributed by atoms with Crippen molar-refractivity contribution in [2.75, 3.05) is 0 Å². The molecule has 0 unspecified atom stereocenters. The fraction of sp³-hybridized carbons (Fsp3) is 0.500. The molecule has 4 heteroatoms. The largest absolute Gasteiger partial charge is 0.418 e. The number of hydrogen-bond acceptors (Lipinski definition) is 0. The normalized spacial score (nSPS) is 19.6. The number of allylic oxidation sites excluding steroid dienone is 4. The van der Waals surface area contributed by atoms with E-state index in [1.807, 2.05) is 0 Å². The van der Waals surface area contributed by atoms with Crippen molar-refractivity contribution in [3.63, 3.8) is 0 Å². The Bertz CT molecular complexity index is 244. The Morgan fingerprint density at radius 1 is 1.25 bits per heavy atom. The van der Waals surface area contributed by atoms with Crippen LogP contribution >= 0.6 is 0 Å². The van der Waals surface area contributed by atoms with E-state index in [2.05, 4.69) is 0 Å². The average Bonchev–Trinajstić information content (AvgIpc) is 1.92. The lowest BCUT2D eigenvalue weighted by Crippen LogP contribution is -2.14. The number of alkyl halides is 3. The summed E-state index contributed by atoms with van der Waals surface area (Å²) in [6.45, 7) is 1.57. The Kier molecular flexibility index (Phi) is 2.26. The molecule has 0 nitrogen and oxygen atoms in total. The van der Waals surface area contributed by atoms with Gasteiger partial charge in [0.25, 0.3) is 0 Å². The van der Waals surface area contributed by atoms with Crippen molar-refractivity contribution in [1.29, 1.82) is 0 Å². The highest BCUT2D eigenvalue weighted by molar-refractivity contribution is 5.33. The molecule has 0 atom stereocenters. The first-order valence-electron chi connectivity index (χ1n) is 3.54. The highest BCUT2D eigenvalue weighted by atomic mass is 19.4. The Morgan fingerprint density at radius 2 is 1.83 bits per heavy atom. The maximum absolute atomic E-state index is 12.6. The summed E-state index contributed by atoms with van der Waals surface area (Å²) in [5.41, 5.74) is -0.546. The van der Waals surface area contributed by atoms with Crippen molar-refractivity contribution < 1.29 is 17.6 Å². The first kappa shape index (κ1) is 9.29. The quantitative estimate of drug-likeness (QED) is 0.500. The molecule has 0 fully saturated rings. The third-order valence-electron chi connectivity index (χ3n) is 1.73. The zero-order valence-electron chi connectivity index (χ0n) is 6.50. The topological polar surface area (TPSA) is 0 Å². The standard InChI is InChI=1S/C8H8F4/c1-5-2-3-7(9)6(4-5)8(10,11)12/h4H,2-3H2,1H3. The molecule has 68 valence electrons. The summed E-state index contributed by atoms with van der Waals surface area (Å²) in [5, 5.41) is 0. The van der Waals surface area contributed by atoms with Crippen LogP contribution in [-0.4, -0.2) is 6.18 Å². The second kappa shape index (κ2) is 2.92. The van der Waals surface area contributed by atoms with E-state index >= 15 is 0 Å². The summed E-state index contributed by atoms with van der Waals surface area (Å²) in [6, 6.07) is 0. The zero-order valence-corrected chi connectivity index (χ0v) is 6.50. The Balaban J connectivity index is 3.02. The second-order valence-electron chi connectivity index (χ2n) is 2.81. The van der Waals surface area contributed by atoms with Crippen LogP contribution in [0.2, 0.25) is 0 Å². The van der Waals surface area contributed by atoms with Gasteiger partial charge in [-0.05, 0) is 19.4 Å². The van der Waals surface area contributed by atoms with Gasteiger partial charge in [0.2, 0.25) is 0 Å². The molecular weight excluding hydrogens is 172 g/mol. The molecule has 0 amide bonds. The molecule has 0 bridgehead atoms. The fourth-order valence-corrected chi connectivity index (χ4v) is 1.07. The molecule has 0 spiro atoms. The SMILES string of the molecule is CC1=CC(C(F)(F)F)=C(F)CC1. The van der Waals surface area contributed by atoms with Gasteiger partial charge in [0.15, 0.2) is 0 Å². The van der Waals surface area contributed by atoms with Gasteiger partial charge in [0.05, 0.1) is 5.57 Å². The second-order valence-corrected chi connectivity index (χ2v) is 2.81. The lowest BCUT2D eigenvalue weighted by atomic mass is 9.99. The molecule has 0 aromatic carbocycles. The van der Waals surface area contributed by atoms with Crippen molar-refractivity contribution in [3.05, 3.63) is 23.0 Å². The van der Waals surface area contributed by atoms with Gasteiger partial charge in [-0.3, -0.25) is 0 Å². The molecule has 0 saturated heterocycles. The van der Waals surface area contributed by atoms with Crippen LogP contribution in [0, 0.1) is 0 Å². The van der Waals surface area contributed by atoms with Gasteiger partial charge in [-0.2, -0.15) is 13.2 Å². The smallest absolute Gasteiger partial charge is 0.211 e. The van der Waals surface area contributed by atoms with Gasteiger partial charge in [-0.25, -0.2) is 4.39 Å². The van der Waals surface area contributed by atoms with Crippen LogP contribution in [0.5, 0.6) is 0 Å². The minimum Gasteiger partial charge on any atom is -0.211 e. The summed E-state index contributed by atoms with van der Waals surface area (Å²) >= 11 is 0. The molecule has 1 aliphatic rings. The van der Waals surface area contributed by atoms with Gasteiger partial charge in [0.1, 0.15) is 5.83 Å². The third kappa shape index (κ3) is 1.87. The fourth-order valence-electron chi connectivity index (χ4n) is 1.07. The maximum atomic E-state index is 12.6. The van der Waals surface area contributed by atoms with Gasteiger partial charge in [-0.15, -0.1) is 0 Å². The van der Waals surface area contributed by atoms with Crippen molar-refractivity contribution in [1.82, 2.24) is 0 Å². The average molecular weight is 180 g/mol. The molecule has 12 heavy (non-hydrogen) atoms. The molecular formula is C8H8F4. The van der Waals surface area contributed by atoms with Crippen LogP contribution in [0.4, 0.5) is 17.6 Å². The van der Waals surface area contributed by atoms with Crippen LogP contribution in [0.15, 0.2) is 23.0 Å². The molecule has 0 heterocycles. The molecule has 0 aliphatic heterocycles. The maximum Gasteiger partial charge on any atom is 0.418 e. The van der Waals surface area contributed by atoms with Crippen molar-refractivity contribution in [3.8, 4) is 0 Å². The molecule has 1 rings (SSSR count). The molecule has 0 aromatic rings. The Morgan fingerprint density at radius 3 is 2.25 bits per heavy atom. The summed E-state index contributed by atoms with van der Waals surface area (Å²) < 4.78 is 48.7. The van der Waals surface area contributed by atoms with Gasteiger partial charge in [-0.1, -0.05) is 5.57 Å². The van der Waals surface area contributed by atoms with Gasteiger partial charge >= 0.3 is 6.18 Å². The third-order valence-corrected chi connectivity index (χ3v) is 1.73. The van der Waals surface area contributed by atoms with E-state index in [9.17, 15) is 17.6 Å². The molecule has 0 aromatic heterocycles. The molecule has 0 saturated carbocycles. The summed E-state index contributed by atoms with van der Waals surface area (Å²) in [7, 11) is 0. The van der Waals surface area contributed by atoms with E-state index in [0.29, 0.717) is 12.0 Å². The number of hydrogen-bond donors (Lipinski definition) is 0. The number of rotatable bonds is 0. The summed E-state index contributed by atoms with van der Waals surface area (Å²) in [4.78, 5) is 0. The summed E-state index contributed by atoms with van der Waals surface area (Å²) in [5.74, 6) is -1.05. The highest BCUT2D eigenvalue weighted by Gasteiger charge is 2.36. The first-order chi connectivity index (χ1) is 5.41. The molecule has 0 radical (unpaired) electrons. The van der Waals surface area contributed by atoms with E-state index in [-0.39, 0.29) is 6.42 Å². The minimum absolute atomic E-state index is 0.128. The van der Waals surface area contributed by atoms with Crippen LogP contribution in [0.3, 0.4) is 0 Å². The lowest BCUT2D eigenvalue weighted by Gasteiger charge is -2.15. The van der Waals surface area contributed by atoms with Gasteiger partial charge in [0, 0.05) is 6.42 Å². The monoisotopic (exact) mass is 180 g/mol. The van der Waals surface area contributed by atoms with Crippen molar-refractivity contribution in [2.45, 2.75) is 25.9 Å². The predicted octanol–water partition coefficient (Wildman–Crippen LogP) is 3.51. The van der Waals surface area contributed by atoms with Crippen molar-refractivity contribution in [2.24, 2.45) is 0 Å². The van der Waals surface area contributed by atoms with Crippen LogP contribution in [-0.2, 0) is 0 Å². The summed E-state index contributed by atoms with van der Waals surface area (Å²) in [6.07, 6.45) is -3.42. The van der Waals surface area contributed by atoms with E-state index in [1.54, 1.807) is 6.92 Å². The predicted molar refractivity (Wildman–Crippen MR) is 37.2 cm³/mol. The van der Waals surface area contributed by atoms with Crippen molar-refractivity contribution >= 4 is 0 Å². The zero-order chi connectivity index (χ0) is 9.35. The van der Waals surface area contributed by atoms with Crippen LogP contribution in [0.1, 0.15) is 19.8 Å². The first-order valence-corrected chi connectivity index (χ1v) is 3.54. The van der Waals surface area contributed by atoms with Gasteiger partial charge < -0.3 is 0 Å². The molecule has 0 N–H and O–H groups in total. The van der Waals surface area contributed by atoms with E-state index in [4.69, 9.17) is 0 Å². The Hall–Kier alpha value is -0.800. The van der Waals surface area contributed by atoms with Crippen LogP contribution < -0.4 is 0 Å². The number of halogens is 4. The van der Waals surface area contributed by atoms with E-state index in [0.717, 1.165) is 6.08 Å². The lowest BCUT2D eigenvalue weighted by molar-refractivity contribution is -0.0905. The van der Waals surface area contributed by atoms with E-state index in [1.165, 1.54) is 0 Å².